The summed E-state index contributed by atoms with van der Waals surface area (Å²) in [5, 5.41) is 0. The van der Waals surface area contributed by atoms with Crippen molar-refractivity contribution in [2.75, 3.05) is 0 Å². The number of rotatable bonds is 2. The normalized spacial score (nSPS) is 11.3. The third-order valence-corrected chi connectivity index (χ3v) is 2.19. The van der Waals surface area contributed by atoms with Crippen LogP contribution in [0.4, 0.5) is 4.39 Å². The molecule has 0 spiro atoms. The largest absolute Gasteiger partial charge is 0.206 e. The number of hydrogen-bond donors (Lipinski definition) is 0. The maximum atomic E-state index is 13.8. The molecular weight excluding hydrogens is 163 g/mol. The molecule has 0 amide bonds. The van der Waals surface area contributed by atoms with E-state index in [0.29, 0.717) is 0 Å². The average Bonchev–Trinajstić information content (AvgIpc) is 2.03. The Morgan fingerprint density at radius 3 is 2.31 bits per heavy atom. The summed E-state index contributed by atoms with van der Waals surface area (Å²) in [6, 6.07) is 5.60. The highest BCUT2D eigenvalue weighted by atomic mass is 19.1. The van der Waals surface area contributed by atoms with Gasteiger partial charge in [-0.2, -0.15) is 0 Å². The monoisotopic (exact) mass is 179 g/mol. The van der Waals surface area contributed by atoms with Crippen molar-refractivity contribution in [3.05, 3.63) is 41.1 Å². The topological polar surface area (TPSA) is 0 Å². The van der Waals surface area contributed by atoms with Crippen molar-refractivity contribution in [3.8, 4) is 0 Å². The molecule has 1 heteroatoms. The van der Waals surface area contributed by atoms with Crippen molar-refractivity contribution >= 4 is 0 Å². The maximum Gasteiger partial charge on any atom is 0.130 e. The zero-order valence-corrected chi connectivity index (χ0v) is 8.69. The van der Waals surface area contributed by atoms with E-state index in [1.165, 1.54) is 0 Å². The molecule has 0 unspecified atom stereocenters. The van der Waals surface area contributed by atoms with Crippen LogP contribution in [-0.4, -0.2) is 0 Å². The Labute approximate surface area is 79.8 Å². The summed E-state index contributed by atoms with van der Waals surface area (Å²) in [6.45, 7) is 7.88. The van der Waals surface area contributed by atoms with Crippen molar-refractivity contribution in [3.63, 3.8) is 0 Å². The van der Waals surface area contributed by atoms with Crippen LogP contribution >= 0.6 is 0 Å². The summed E-state index contributed by atoms with van der Waals surface area (Å²) in [5.41, 5.74) is 1.55. The highest BCUT2D eigenvalue weighted by molar-refractivity contribution is 5.35. The van der Waals surface area contributed by atoms with Gasteiger partial charge in [-0.15, -0.1) is 0 Å². The van der Waals surface area contributed by atoms with Gasteiger partial charge in [0.1, 0.15) is 5.82 Å². The third-order valence-electron chi connectivity index (χ3n) is 2.19. The zero-order chi connectivity index (χ0) is 10.0. The van der Waals surface area contributed by atoms with E-state index in [2.05, 4.69) is 0 Å². The van der Waals surface area contributed by atoms with Gasteiger partial charge in [0, 0.05) is 5.92 Å². The minimum Gasteiger partial charge on any atom is -0.206 e. The summed E-state index contributed by atoms with van der Waals surface area (Å²) < 4.78 is 13.8. The molecule has 0 fully saturated rings. The zero-order valence-electron chi connectivity index (χ0n) is 8.69. The van der Waals surface area contributed by atoms with Crippen molar-refractivity contribution < 1.29 is 4.39 Å². The van der Waals surface area contributed by atoms with Crippen LogP contribution in [0, 0.1) is 11.7 Å². The van der Waals surface area contributed by atoms with E-state index < -0.39 is 0 Å². The molecule has 1 aromatic carbocycles. The molecule has 0 heterocycles. The molecule has 0 N–H and O–H groups in total. The standard InChI is InChI=1S/C12H16F/c1-8(2)10-6-5-7-11(9(3)4)12(10)13/h5-8H,1-4H3. The van der Waals surface area contributed by atoms with Gasteiger partial charge < -0.3 is 0 Å². The first-order valence-electron chi connectivity index (χ1n) is 4.63. The summed E-state index contributed by atoms with van der Waals surface area (Å²) in [7, 11) is 0. The SMILES string of the molecule is C[C](C)c1cccc(C(C)C)c1F. The van der Waals surface area contributed by atoms with Gasteiger partial charge >= 0.3 is 0 Å². The van der Waals surface area contributed by atoms with Gasteiger partial charge in [0.25, 0.3) is 0 Å². The van der Waals surface area contributed by atoms with E-state index in [1.54, 1.807) is 0 Å². The Hall–Kier alpha value is -0.850. The van der Waals surface area contributed by atoms with Crippen molar-refractivity contribution in [1.29, 1.82) is 0 Å². The van der Waals surface area contributed by atoms with E-state index in [9.17, 15) is 4.39 Å². The lowest BCUT2D eigenvalue weighted by atomic mass is 9.95. The molecule has 1 radical (unpaired) electrons. The molecule has 0 aliphatic heterocycles. The van der Waals surface area contributed by atoms with Gasteiger partial charge in [-0.25, -0.2) is 4.39 Å². The summed E-state index contributed by atoms with van der Waals surface area (Å²) >= 11 is 0. The maximum absolute atomic E-state index is 13.8. The molecule has 0 aliphatic carbocycles. The van der Waals surface area contributed by atoms with Gasteiger partial charge in [0.05, 0.1) is 0 Å². The Bertz CT molecular complexity index is 261. The van der Waals surface area contributed by atoms with Crippen LogP contribution < -0.4 is 0 Å². The van der Waals surface area contributed by atoms with E-state index in [1.807, 2.05) is 45.9 Å². The predicted octanol–water partition coefficient (Wildman–Crippen LogP) is 3.91. The number of hydrogen-bond acceptors (Lipinski definition) is 0. The summed E-state index contributed by atoms with van der Waals surface area (Å²) in [6.07, 6.45) is 0. The Morgan fingerprint density at radius 2 is 1.85 bits per heavy atom. The Balaban J connectivity index is 3.18. The molecule has 0 aromatic heterocycles. The first-order valence-corrected chi connectivity index (χ1v) is 4.63. The van der Waals surface area contributed by atoms with E-state index >= 15 is 0 Å². The molecule has 71 valence electrons. The van der Waals surface area contributed by atoms with Crippen molar-refractivity contribution in [2.45, 2.75) is 33.6 Å². The van der Waals surface area contributed by atoms with E-state index in [-0.39, 0.29) is 11.7 Å². The highest BCUT2D eigenvalue weighted by Crippen LogP contribution is 2.25. The van der Waals surface area contributed by atoms with Crippen LogP contribution in [0.1, 0.15) is 44.7 Å². The Morgan fingerprint density at radius 1 is 1.23 bits per heavy atom. The third kappa shape index (κ3) is 2.09. The second kappa shape index (κ2) is 3.91. The van der Waals surface area contributed by atoms with Crippen molar-refractivity contribution in [2.24, 2.45) is 0 Å². The molecule has 0 saturated heterocycles. The van der Waals surface area contributed by atoms with Crippen LogP contribution in [0.25, 0.3) is 0 Å². The fraction of sp³-hybridized carbons (Fsp3) is 0.417. The summed E-state index contributed by atoms with van der Waals surface area (Å²) in [4.78, 5) is 0. The fourth-order valence-electron chi connectivity index (χ4n) is 1.38. The predicted molar refractivity (Wildman–Crippen MR) is 54.2 cm³/mol. The second-order valence-corrected chi connectivity index (χ2v) is 3.86. The molecule has 0 aliphatic rings. The lowest BCUT2D eigenvalue weighted by Crippen LogP contribution is -2.00. The molecule has 1 aromatic rings. The van der Waals surface area contributed by atoms with Crippen LogP contribution in [0.5, 0.6) is 0 Å². The molecule has 13 heavy (non-hydrogen) atoms. The minimum atomic E-state index is -0.0579. The van der Waals surface area contributed by atoms with Crippen LogP contribution in [0.15, 0.2) is 18.2 Å². The Kier molecular flexibility index (Phi) is 3.07. The lowest BCUT2D eigenvalue weighted by molar-refractivity contribution is 0.587. The van der Waals surface area contributed by atoms with Gasteiger partial charge in [-0.3, -0.25) is 0 Å². The van der Waals surface area contributed by atoms with Crippen LogP contribution in [-0.2, 0) is 0 Å². The highest BCUT2D eigenvalue weighted by Gasteiger charge is 2.12. The summed E-state index contributed by atoms with van der Waals surface area (Å²) in [5.74, 6) is 1.22. The van der Waals surface area contributed by atoms with Gasteiger partial charge in [-0.1, -0.05) is 45.9 Å². The fourth-order valence-corrected chi connectivity index (χ4v) is 1.38. The number of benzene rings is 1. The lowest BCUT2D eigenvalue weighted by Gasteiger charge is -2.12. The first-order chi connectivity index (χ1) is 6.04. The minimum absolute atomic E-state index is 0.0579. The van der Waals surface area contributed by atoms with Crippen LogP contribution in [0.3, 0.4) is 0 Å². The molecule has 0 atom stereocenters. The smallest absolute Gasteiger partial charge is 0.130 e. The first kappa shape index (κ1) is 10.2. The second-order valence-electron chi connectivity index (χ2n) is 3.86. The van der Waals surface area contributed by atoms with E-state index in [4.69, 9.17) is 0 Å². The number of halogens is 1. The van der Waals surface area contributed by atoms with Gasteiger partial charge in [-0.05, 0) is 17.0 Å². The van der Waals surface area contributed by atoms with Crippen LogP contribution in [0.2, 0.25) is 0 Å². The molecule has 0 nitrogen and oxygen atoms in total. The van der Waals surface area contributed by atoms with Gasteiger partial charge in [0.15, 0.2) is 0 Å². The molecular formula is C12H16F. The van der Waals surface area contributed by atoms with Gasteiger partial charge in [0.2, 0.25) is 0 Å². The van der Waals surface area contributed by atoms with Crippen molar-refractivity contribution in [1.82, 2.24) is 0 Å². The van der Waals surface area contributed by atoms with E-state index in [0.717, 1.165) is 17.0 Å². The molecule has 0 bridgehead atoms. The molecule has 1 rings (SSSR count). The molecule has 0 saturated carbocycles. The quantitative estimate of drug-likeness (QED) is 0.645. The average molecular weight is 179 g/mol.